The topological polar surface area (TPSA) is 42.0 Å². The van der Waals surface area contributed by atoms with Gasteiger partial charge in [-0.25, -0.2) is 4.98 Å². The van der Waals surface area contributed by atoms with E-state index in [0.29, 0.717) is 6.54 Å². The van der Waals surface area contributed by atoms with E-state index in [1.54, 1.807) is 23.5 Å². The normalized spacial score (nSPS) is 14.5. The molecule has 0 aromatic carbocycles. The highest BCUT2D eigenvalue weighted by molar-refractivity contribution is 7.11. The van der Waals surface area contributed by atoms with Crippen molar-refractivity contribution in [3.8, 4) is 0 Å². The van der Waals surface area contributed by atoms with Crippen LogP contribution < -0.4 is 5.32 Å². The van der Waals surface area contributed by atoms with Crippen molar-refractivity contribution < 1.29 is 4.79 Å². The molecule has 0 saturated carbocycles. The summed E-state index contributed by atoms with van der Waals surface area (Å²) in [6, 6.07) is 0. The number of rotatable bonds is 5. The average molecular weight is 262 g/mol. The van der Waals surface area contributed by atoms with Crippen LogP contribution in [0.2, 0.25) is 0 Å². The maximum atomic E-state index is 11.4. The van der Waals surface area contributed by atoms with Crippen molar-refractivity contribution in [1.82, 2.24) is 10.3 Å². The van der Waals surface area contributed by atoms with Crippen LogP contribution in [-0.4, -0.2) is 17.4 Å². The van der Waals surface area contributed by atoms with Crippen molar-refractivity contribution in [2.45, 2.75) is 32.6 Å². The zero-order valence-electron chi connectivity index (χ0n) is 10.6. The Kier molecular flexibility index (Phi) is 4.70. The summed E-state index contributed by atoms with van der Waals surface area (Å²) in [5.74, 6) is -0.0443. The first-order valence-corrected chi connectivity index (χ1v) is 7.16. The van der Waals surface area contributed by atoms with Crippen LogP contribution in [0.15, 0.2) is 24.3 Å². The van der Waals surface area contributed by atoms with Gasteiger partial charge in [-0.05, 0) is 26.2 Å². The summed E-state index contributed by atoms with van der Waals surface area (Å²) in [5.41, 5.74) is 1.29. The first kappa shape index (κ1) is 13.0. The number of fused-ring (bicyclic) bond motifs is 1. The molecule has 0 fully saturated rings. The van der Waals surface area contributed by atoms with Gasteiger partial charge in [0.2, 0.25) is 5.91 Å². The highest BCUT2D eigenvalue weighted by atomic mass is 32.1. The number of aryl methyl sites for hydroxylation is 2. The fraction of sp³-hybridized carbons (Fsp3) is 0.429. The Morgan fingerprint density at radius 2 is 2.33 bits per heavy atom. The Morgan fingerprint density at radius 3 is 3.11 bits per heavy atom. The zero-order chi connectivity index (χ0) is 12.8. The summed E-state index contributed by atoms with van der Waals surface area (Å²) >= 11 is 1.80. The summed E-state index contributed by atoms with van der Waals surface area (Å²) in [6.07, 6.45) is 11.4. The van der Waals surface area contributed by atoms with Crippen molar-refractivity contribution in [2.75, 3.05) is 6.54 Å². The van der Waals surface area contributed by atoms with Gasteiger partial charge >= 0.3 is 0 Å². The van der Waals surface area contributed by atoms with Crippen LogP contribution in [0.3, 0.4) is 0 Å². The van der Waals surface area contributed by atoms with Gasteiger partial charge in [0.15, 0.2) is 0 Å². The molecule has 1 heterocycles. The number of carbonyl (C=O) groups is 1. The molecule has 0 unspecified atom stereocenters. The van der Waals surface area contributed by atoms with Crippen LogP contribution in [-0.2, 0) is 24.1 Å². The second kappa shape index (κ2) is 6.50. The van der Waals surface area contributed by atoms with Crippen LogP contribution in [0, 0.1) is 0 Å². The van der Waals surface area contributed by atoms with E-state index in [2.05, 4.69) is 10.3 Å². The van der Waals surface area contributed by atoms with Gasteiger partial charge in [-0.15, -0.1) is 11.3 Å². The third kappa shape index (κ3) is 3.53. The lowest BCUT2D eigenvalue weighted by Crippen LogP contribution is -2.23. The molecule has 0 aliphatic heterocycles. The minimum absolute atomic E-state index is 0.0443. The SMILES string of the molecule is C/C=C/C=C/C(=O)NCCc1nc2c(s1)CCC2. The number of hydrogen-bond acceptors (Lipinski definition) is 3. The number of thiazole rings is 1. The molecule has 1 aliphatic rings. The Bertz CT molecular complexity index is 453. The van der Waals surface area contributed by atoms with Crippen LogP contribution in [0.1, 0.15) is 28.9 Å². The van der Waals surface area contributed by atoms with Crippen molar-refractivity contribution >= 4 is 17.2 Å². The molecule has 96 valence electrons. The molecule has 1 aliphatic carbocycles. The van der Waals surface area contributed by atoms with E-state index in [1.807, 2.05) is 19.1 Å². The van der Waals surface area contributed by atoms with E-state index in [0.717, 1.165) is 17.8 Å². The Balaban J connectivity index is 1.73. The highest BCUT2D eigenvalue weighted by Crippen LogP contribution is 2.27. The standard InChI is InChI=1S/C14H18N2OS/c1-2-3-4-8-13(17)15-10-9-14-16-11-6-5-7-12(11)18-14/h2-4,8H,5-7,9-10H2,1H3,(H,15,17)/b3-2+,8-4+. The quantitative estimate of drug-likeness (QED) is 0.654. The maximum absolute atomic E-state index is 11.4. The van der Waals surface area contributed by atoms with E-state index in [4.69, 9.17) is 0 Å². The molecule has 0 spiro atoms. The largest absolute Gasteiger partial charge is 0.352 e. The van der Waals surface area contributed by atoms with E-state index in [9.17, 15) is 4.79 Å². The molecule has 4 heteroatoms. The lowest BCUT2D eigenvalue weighted by Gasteiger charge is -1.99. The summed E-state index contributed by atoms with van der Waals surface area (Å²) in [4.78, 5) is 17.4. The molecule has 0 bridgehead atoms. The molecule has 0 atom stereocenters. The van der Waals surface area contributed by atoms with Crippen molar-refractivity contribution in [1.29, 1.82) is 0 Å². The first-order valence-electron chi connectivity index (χ1n) is 6.34. The van der Waals surface area contributed by atoms with Crippen molar-refractivity contribution in [3.05, 3.63) is 39.9 Å². The minimum Gasteiger partial charge on any atom is -0.352 e. The molecular formula is C14H18N2OS. The lowest BCUT2D eigenvalue weighted by atomic mass is 10.3. The average Bonchev–Trinajstić information content (AvgIpc) is 2.90. The summed E-state index contributed by atoms with van der Waals surface area (Å²) < 4.78 is 0. The van der Waals surface area contributed by atoms with Crippen LogP contribution in [0.25, 0.3) is 0 Å². The third-order valence-corrected chi connectivity index (χ3v) is 4.05. The molecular weight excluding hydrogens is 244 g/mol. The summed E-state index contributed by atoms with van der Waals surface area (Å²) in [6.45, 7) is 2.58. The number of hydrogen-bond donors (Lipinski definition) is 1. The third-order valence-electron chi connectivity index (χ3n) is 2.83. The summed E-state index contributed by atoms with van der Waals surface area (Å²) in [7, 11) is 0. The molecule has 2 rings (SSSR count). The minimum atomic E-state index is -0.0443. The second-order valence-corrected chi connectivity index (χ2v) is 5.43. The fourth-order valence-corrected chi connectivity index (χ4v) is 3.11. The maximum Gasteiger partial charge on any atom is 0.243 e. The van der Waals surface area contributed by atoms with E-state index < -0.39 is 0 Å². The first-order chi connectivity index (χ1) is 8.79. The van der Waals surface area contributed by atoms with Gasteiger partial charge in [0.1, 0.15) is 0 Å². The van der Waals surface area contributed by atoms with E-state index in [1.165, 1.54) is 23.4 Å². The van der Waals surface area contributed by atoms with Crippen molar-refractivity contribution in [3.63, 3.8) is 0 Å². The van der Waals surface area contributed by atoms with E-state index >= 15 is 0 Å². The molecule has 1 aromatic heterocycles. The molecule has 1 N–H and O–H groups in total. The molecule has 18 heavy (non-hydrogen) atoms. The van der Waals surface area contributed by atoms with Gasteiger partial charge in [-0.3, -0.25) is 4.79 Å². The predicted octanol–water partition coefficient (Wildman–Crippen LogP) is 2.42. The van der Waals surface area contributed by atoms with Gasteiger partial charge in [0.05, 0.1) is 10.7 Å². The zero-order valence-corrected chi connectivity index (χ0v) is 11.4. The van der Waals surface area contributed by atoms with Crippen LogP contribution in [0.4, 0.5) is 0 Å². The molecule has 0 saturated heterocycles. The lowest BCUT2D eigenvalue weighted by molar-refractivity contribution is -0.116. The number of carbonyl (C=O) groups excluding carboxylic acids is 1. The summed E-state index contributed by atoms with van der Waals surface area (Å²) in [5, 5.41) is 4.01. The van der Waals surface area contributed by atoms with Gasteiger partial charge < -0.3 is 5.32 Å². The van der Waals surface area contributed by atoms with Gasteiger partial charge in [0, 0.05) is 23.9 Å². The number of amides is 1. The second-order valence-electron chi connectivity index (χ2n) is 4.26. The van der Waals surface area contributed by atoms with Gasteiger partial charge in [-0.1, -0.05) is 18.2 Å². The van der Waals surface area contributed by atoms with E-state index in [-0.39, 0.29) is 5.91 Å². The number of aromatic nitrogens is 1. The van der Waals surface area contributed by atoms with Gasteiger partial charge in [-0.2, -0.15) is 0 Å². The fourth-order valence-electron chi connectivity index (χ4n) is 1.96. The highest BCUT2D eigenvalue weighted by Gasteiger charge is 2.16. The molecule has 1 amide bonds. The Labute approximate surface area is 112 Å². The monoisotopic (exact) mass is 262 g/mol. The van der Waals surface area contributed by atoms with Crippen molar-refractivity contribution in [2.24, 2.45) is 0 Å². The van der Waals surface area contributed by atoms with Crippen LogP contribution >= 0.6 is 11.3 Å². The Morgan fingerprint density at radius 1 is 1.44 bits per heavy atom. The smallest absolute Gasteiger partial charge is 0.243 e. The van der Waals surface area contributed by atoms with Crippen LogP contribution in [0.5, 0.6) is 0 Å². The molecule has 3 nitrogen and oxygen atoms in total. The Hall–Kier alpha value is -1.42. The molecule has 0 radical (unpaired) electrons. The number of nitrogens with one attached hydrogen (secondary N) is 1. The predicted molar refractivity (Wildman–Crippen MR) is 74.8 cm³/mol. The molecule has 1 aromatic rings. The number of nitrogens with zero attached hydrogens (tertiary/aromatic N) is 1. The number of allylic oxidation sites excluding steroid dienone is 3. The van der Waals surface area contributed by atoms with Gasteiger partial charge in [0.25, 0.3) is 0 Å².